The molecule has 0 bridgehead atoms. The maximum atomic E-state index is 13.8. The molecule has 0 aliphatic heterocycles. The monoisotopic (exact) mass is 408 g/mol. The maximum Gasteiger partial charge on any atom is 0.292 e. The molecule has 4 aromatic rings. The van der Waals surface area contributed by atoms with Gasteiger partial charge in [-0.1, -0.05) is 18.2 Å². The summed E-state index contributed by atoms with van der Waals surface area (Å²) in [5, 5.41) is 13.5. The number of halogens is 1. The van der Waals surface area contributed by atoms with Crippen molar-refractivity contribution in [3.05, 3.63) is 84.0 Å². The van der Waals surface area contributed by atoms with Gasteiger partial charge < -0.3 is 15.1 Å². The summed E-state index contributed by atoms with van der Waals surface area (Å²) in [6, 6.07) is 11.0. The van der Waals surface area contributed by atoms with Crippen LogP contribution in [-0.4, -0.2) is 31.4 Å². The van der Waals surface area contributed by atoms with Gasteiger partial charge in [0, 0.05) is 24.9 Å². The van der Waals surface area contributed by atoms with Crippen LogP contribution in [0.5, 0.6) is 0 Å². The molecule has 2 amide bonds. The van der Waals surface area contributed by atoms with Gasteiger partial charge in [-0.05, 0) is 18.2 Å². The van der Waals surface area contributed by atoms with E-state index in [1.54, 1.807) is 37.5 Å². The third-order valence-electron chi connectivity index (χ3n) is 4.28. The van der Waals surface area contributed by atoms with Crippen molar-refractivity contribution < 1.29 is 18.4 Å². The smallest absolute Gasteiger partial charge is 0.292 e. The van der Waals surface area contributed by atoms with Crippen LogP contribution < -0.4 is 10.6 Å². The quantitative estimate of drug-likeness (QED) is 0.510. The molecule has 0 spiro atoms. The van der Waals surface area contributed by atoms with Gasteiger partial charge in [0.1, 0.15) is 11.6 Å². The standard InChI is InChI=1S/C20H17FN6O3/c1-26-18(24-20(29)17-7-4-8-30-17)9-16(25-26)19(28)23-14-10-22-27(12-14)11-13-5-2-3-6-15(13)21/h2-10,12H,11H2,1H3,(H,23,28)(H,24,29). The largest absolute Gasteiger partial charge is 0.459 e. The summed E-state index contributed by atoms with van der Waals surface area (Å²) in [6.45, 7) is 0.231. The van der Waals surface area contributed by atoms with Crippen LogP contribution in [0.3, 0.4) is 0 Å². The molecule has 3 aromatic heterocycles. The lowest BCUT2D eigenvalue weighted by Gasteiger charge is -2.03. The van der Waals surface area contributed by atoms with Crippen molar-refractivity contribution in [2.75, 3.05) is 10.6 Å². The third-order valence-corrected chi connectivity index (χ3v) is 4.28. The molecular weight excluding hydrogens is 391 g/mol. The van der Waals surface area contributed by atoms with E-state index in [2.05, 4.69) is 20.8 Å². The topological polar surface area (TPSA) is 107 Å². The number of carbonyl (C=O) groups excluding carboxylic acids is 2. The van der Waals surface area contributed by atoms with Gasteiger partial charge in [-0.15, -0.1) is 0 Å². The lowest BCUT2D eigenvalue weighted by molar-refractivity contribution is 0.0993. The number of nitrogens with one attached hydrogen (secondary N) is 2. The average Bonchev–Trinajstić information content (AvgIpc) is 3.46. The number of hydrogen-bond acceptors (Lipinski definition) is 5. The van der Waals surface area contributed by atoms with Crippen LogP contribution >= 0.6 is 0 Å². The molecule has 152 valence electrons. The van der Waals surface area contributed by atoms with Gasteiger partial charge in [-0.2, -0.15) is 10.2 Å². The average molecular weight is 408 g/mol. The SMILES string of the molecule is Cn1nc(C(=O)Nc2cnn(Cc3ccccc3F)c2)cc1NC(=O)c1ccco1. The fourth-order valence-electron chi connectivity index (χ4n) is 2.79. The Hall–Kier alpha value is -4.21. The minimum absolute atomic E-state index is 0.106. The minimum Gasteiger partial charge on any atom is -0.459 e. The van der Waals surface area contributed by atoms with Gasteiger partial charge >= 0.3 is 0 Å². The van der Waals surface area contributed by atoms with E-state index in [-0.39, 0.29) is 23.8 Å². The molecule has 0 unspecified atom stereocenters. The van der Waals surface area contributed by atoms with Crippen LogP contribution in [0.4, 0.5) is 15.9 Å². The van der Waals surface area contributed by atoms with Gasteiger partial charge in [0.2, 0.25) is 0 Å². The first-order valence-electron chi connectivity index (χ1n) is 8.96. The molecule has 4 rings (SSSR count). The maximum absolute atomic E-state index is 13.8. The number of hydrogen-bond donors (Lipinski definition) is 2. The van der Waals surface area contributed by atoms with Crippen LogP contribution in [0.15, 0.2) is 65.5 Å². The third kappa shape index (κ3) is 4.12. The molecule has 30 heavy (non-hydrogen) atoms. The highest BCUT2D eigenvalue weighted by atomic mass is 19.1. The number of anilines is 2. The molecule has 0 aliphatic rings. The first-order valence-corrected chi connectivity index (χ1v) is 8.96. The Morgan fingerprint density at radius 1 is 1.13 bits per heavy atom. The van der Waals surface area contributed by atoms with Crippen molar-refractivity contribution in [1.29, 1.82) is 0 Å². The van der Waals surface area contributed by atoms with E-state index in [0.717, 1.165) is 0 Å². The zero-order valence-electron chi connectivity index (χ0n) is 15.9. The Labute approximate surface area is 170 Å². The van der Waals surface area contributed by atoms with Crippen molar-refractivity contribution >= 4 is 23.3 Å². The van der Waals surface area contributed by atoms with Crippen LogP contribution in [0, 0.1) is 5.82 Å². The molecule has 2 N–H and O–H groups in total. The van der Waals surface area contributed by atoms with Gasteiger partial charge in [-0.25, -0.2) is 4.39 Å². The van der Waals surface area contributed by atoms with E-state index in [9.17, 15) is 14.0 Å². The van der Waals surface area contributed by atoms with Gasteiger partial charge in [0.15, 0.2) is 11.5 Å². The Bertz CT molecular complexity index is 1200. The zero-order chi connectivity index (χ0) is 21.1. The highest BCUT2D eigenvalue weighted by molar-refractivity contribution is 6.05. The lowest BCUT2D eigenvalue weighted by Crippen LogP contribution is -2.13. The van der Waals surface area contributed by atoms with E-state index in [1.165, 1.54) is 40.0 Å². The first-order chi connectivity index (χ1) is 14.5. The molecule has 0 fully saturated rings. The second-order valence-corrected chi connectivity index (χ2v) is 6.44. The predicted molar refractivity (Wildman–Crippen MR) is 106 cm³/mol. The molecular formula is C20H17FN6O3. The number of carbonyl (C=O) groups is 2. The Morgan fingerprint density at radius 3 is 2.73 bits per heavy atom. The molecule has 0 radical (unpaired) electrons. The lowest BCUT2D eigenvalue weighted by atomic mass is 10.2. The highest BCUT2D eigenvalue weighted by Crippen LogP contribution is 2.15. The molecule has 3 heterocycles. The molecule has 10 heteroatoms. The van der Waals surface area contributed by atoms with E-state index in [1.807, 2.05) is 0 Å². The number of aryl methyl sites for hydroxylation is 1. The molecule has 9 nitrogen and oxygen atoms in total. The van der Waals surface area contributed by atoms with Gasteiger partial charge in [0.25, 0.3) is 11.8 Å². The summed E-state index contributed by atoms with van der Waals surface area (Å²) in [4.78, 5) is 24.6. The van der Waals surface area contributed by atoms with Crippen LogP contribution in [0.1, 0.15) is 26.6 Å². The molecule has 0 atom stereocenters. The number of furan rings is 1. The summed E-state index contributed by atoms with van der Waals surface area (Å²) < 4.78 is 21.7. The Morgan fingerprint density at radius 2 is 1.97 bits per heavy atom. The minimum atomic E-state index is -0.477. The zero-order valence-corrected chi connectivity index (χ0v) is 15.9. The summed E-state index contributed by atoms with van der Waals surface area (Å²) in [6.07, 6.45) is 4.44. The summed E-state index contributed by atoms with van der Waals surface area (Å²) >= 11 is 0. The van der Waals surface area contributed by atoms with Crippen molar-refractivity contribution in [2.24, 2.45) is 7.05 Å². The second kappa shape index (κ2) is 8.03. The highest BCUT2D eigenvalue weighted by Gasteiger charge is 2.17. The number of amides is 2. The molecule has 0 saturated carbocycles. The summed E-state index contributed by atoms with van der Waals surface area (Å²) in [5.74, 6) is -0.781. The molecule has 0 aliphatic carbocycles. The van der Waals surface area contributed by atoms with E-state index in [0.29, 0.717) is 17.1 Å². The fourth-order valence-corrected chi connectivity index (χ4v) is 2.79. The normalized spacial score (nSPS) is 10.7. The van der Waals surface area contributed by atoms with Crippen molar-refractivity contribution in [1.82, 2.24) is 19.6 Å². The van der Waals surface area contributed by atoms with Gasteiger partial charge in [0.05, 0.1) is 24.7 Å². The van der Waals surface area contributed by atoms with Crippen molar-refractivity contribution in [3.63, 3.8) is 0 Å². The summed E-state index contributed by atoms with van der Waals surface area (Å²) in [5.41, 5.74) is 1.03. The van der Waals surface area contributed by atoms with Gasteiger partial charge in [-0.3, -0.25) is 19.0 Å². The van der Waals surface area contributed by atoms with E-state index < -0.39 is 11.8 Å². The van der Waals surface area contributed by atoms with Crippen LogP contribution in [-0.2, 0) is 13.6 Å². The summed E-state index contributed by atoms with van der Waals surface area (Å²) in [7, 11) is 1.60. The van der Waals surface area contributed by atoms with E-state index >= 15 is 0 Å². The number of rotatable bonds is 6. The second-order valence-electron chi connectivity index (χ2n) is 6.44. The number of nitrogens with zero attached hydrogens (tertiary/aromatic N) is 4. The number of benzene rings is 1. The molecule has 0 saturated heterocycles. The van der Waals surface area contributed by atoms with E-state index in [4.69, 9.17) is 4.42 Å². The van der Waals surface area contributed by atoms with Crippen molar-refractivity contribution in [3.8, 4) is 0 Å². The first kappa shape index (κ1) is 19.1. The van der Waals surface area contributed by atoms with Crippen LogP contribution in [0.25, 0.3) is 0 Å². The predicted octanol–water partition coefficient (Wildman–Crippen LogP) is 2.90. The number of aromatic nitrogens is 4. The Balaban J connectivity index is 1.41. The molecule has 1 aromatic carbocycles. The fraction of sp³-hybridized carbons (Fsp3) is 0.100. The van der Waals surface area contributed by atoms with Crippen LogP contribution in [0.2, 0.25) is 0 Å². The van der Waals surface area contributed by atoms with Crippen molar-refractivity contribution in [2.45, 2.75) is 6.54 Å². The Kier molecular flexibility index (Phi) is 5.12.